The van der Waals surface area contributed by atoms with Crippen LogP contribution in [0.4, 0.5) is 16.1 Å². The summed E-state index contributed by atoms with van der Waals surface area (Å²) in [6.07, 6.45) is 1.92. The molecule has 0 saturated heterocycles. The fourth-order valence-electron chi connectivity index (χ4n) is 2.96. The number of sulfonamides is 1. The van der Waals surface area contributed by atoms with Gasteiger partial charge in [0.1, 0.15) is 5.82 Å². The number of rotatable bonds is 7. The summed E-state index contributed by atoms with van der Waals surface area (Å²) in [4.78, 5) is 13.6. The minimum Gasteiger partial charge on any atom is -0.403 e. The Morgan fingerprint density at radius 1 is 0.970 bits per heavy atom. The van der Waals surface area contributed by atoms with Gasteiger partial charge in [-0.25, -0.2) is 12.8 Å². The molecule has 4 aromatic rings. The zero-order chi connectivity index (χ0) is 23.4. The van der Waals surface area contributed by atoms with E-state index in [1.54, 1.807) is 12.1 Å². The molecule has 0 unspecified atom stereocenters. The van der Waals surface area contributed by atoms with E-state index in [1.165, 1.54) is 23.9 Å². The Morgan fingerprint density at radius 2 is 1.67 bits per heavy atom. The predicted molar refractivity (Wildman–Crippen MR) is 123 cm³/mol. The topological polar surface area (TPSA) is 114 Å². The monoisotopic (exact) mass is 484 g/mol. The van der Waals surface area contributed by atoms with Gasteiger partial charge in [-0.1, -0.05) is 29.4 Å². The maximum atomic E-state index is 13.1. The quantitative estimate of drug-likeness (QED) is 0.367. The van der Waals surface area contributed by atoms with Crippen molar-refractivity contribution in [2.75, 3.05) is 16.3 Å². The number of halogens is 1. The van der Waals surface area contributed by atoms with Gasteiger partial charge in [-0.05, 0) is 54.8 Å². The zero-order valence-electron chi connectivity index (χ0n) is 17.2. The third-order valence-corrected chi connectivity index (χ3v) is 6.70. The Balaban J connectivity index is 1.56. The molecule has 1 aromatic heterocycles. The first-order valence-electron chi connectivity index (χ1n) is 9.53. The Bertz CT molecular complexity index is 1410. The molecule has 0 bridgehead atoms. The highest BCUT2D eigenvalue weighted by Gasteiger charge is 2.20. The number of nitrogens with one attached hydrogen (secondary N) is 2. The number of nitrogens with zero attached hydrogens (tertiary/aromatic N) is 2. The van der Waals surface area contributed by atoms with Crippen LogP contribution in [0.5, 0.6) is 0 Å². The fraction of sp³-hybridized carbons (Fsp3) is 0.0455. The molecule has 0 atom stereocenters. The number of anilines is 2. The van der Waals surface area contributed by atoms with E-state index in [2.05, 4.69) is 20.2 Å². The summed E-state index contributed by atoms with van der Waals surface area (Å²) in [7, 11) is -4.05. The molecule has 0 aliphatic rings. The third-order valence-electron chi connectivity index (χ3n) is 4.52. The summed E-state index contributed by atoms with van der Waals surface area (Å²) < 4.78 is 46.4. The third kappa shape index (κ3) is 5.04. The lowest BCUT2D eigenvalue weighted by Crippen LogP contribution is -2.18. The number of para-hydroxylation sites is 1. The normalized spacial score (nSPS) is 11.2. The minimum absolute atomic E-state index is 0.0341. The molecular weight excluding hydrogens is 467 g/mol. The van der Waals surface area contributed by atoms with Gasteiger partial charge in [0.05, 0.1) is 21.7 Å². The Hall–Kier alpha value is -3.70. The average molecular weight is 485 g/mol. The van der Waals surface area contributed by atoms with Crippen molar-refractivity contribution in [3.05, 3.63) is 84.2 Å². The molecular formula is C22H17FN4O4S2. The van der Waals surface area contributed by atoms with Crippen LogP contribution in [0.3, 0.4) is 0 Å². The lowest BCUT2D eigenvalue weighted by Gasteiger charge is -2.12. The summed E-state index contributed by atoms with van der Waals surface area (Å²) in [5.41, 5.74) is 0.796. The Morgan fingerprint density at radius 3 is 2.42 bits per heavy atom. The van der Waals surface area contributed by atoms with E-state index in [1.807, 2.05) is 30.5 Å². The van der Waals surface area contributed by atoms with Crippen LogP contribution in [0, 0.1) is 5.82 Å². The first-order chi connectivity index (χ1) is 15.9. The SMILES string of the molecule is CSc1ccccc1-c1nnc(NC(=O)c2ccccc2NS(=O)(=O)c2ccc(F)cc2)o1. The molecule has 11 heteroatoms. The van der Waals surface area contributed by atoms with E-state index < -0.39 is 21.7 Å². The van der Waals surface area contributed by atoms with E-state index >= 15 is 0 Å². The molecule has 0 saturated carbocycles. The van der Waals surface area contributed by atoms with Crippen LogP contribution < -0.4 is 10.0 Å². The van der Waals surface area contributed by atoms with Crippen molar-refractivity contribution in [2.45, 2.75) is 9.79 Å². The van der Waals surface area contributed by atoms with Crippen molar-refractivity contribution in [3.8, 4) is 11.5 Å². The van der Waals surface area contributed by atoms with Crippen molar-refractivity contribution >= 4 is 39.4 Å². The molecule has 33 heavy (non-hydrogen) atoms. The van der Waals surface area contributed by atoms with Crippen molar-refractivity contribution in [3.63, 3.8) is 0 Å². The molecule has 8 nitrogen and oxygen atoms in total. The van der Waals surface area contributed by atoms with Gasteiger partial charge in [0.25, 0.3) is 21.8 Å². The number of carbonyl (C=O) groups excluding carboxylic acids is 1. The molecule has 0 aliphatic carbocycles. The number of aromatic nitrogens is 2. The second kappa shape index (κ2) is 9.43. The smallest absolute Gasteiger partial charge is 0.322 e. The van der Waals surface area contributed by atoms with E-state index in [-0.39, 0.29) is 28.1 Å². The molecule has 0 fully saturated rings. The Labute approximate surface area is 193 Å². The lowest BCUT2D eigenvalue weighted by molar-refractivity contribution is 0.102. The van der Waals surface area contributed by atoms with Gasteiger partial charge in [-0.3, -0.25) is 14.8 Å². The van der Waals surface area contributed by atoms with Gasteiger partial charge in [0.2, 0.25) is 0 Å². The largest absolute Gasteiger partial charge is 0.403 e. The maximum absolute atomic E-state index is 13.1. The highest BCUT2D eigenvalue weighted by molar-refractivity contribution is 7.98. The van der Waals surface area contributed by atoms with Crippen molar-refractivity contribution in [1.82, 2.24) is 10.2 Å². The summed E-state index contributed by atoms with van der Waals surface area (Å²) in [6.45, 7) is 0. The molecule has 2 N–H and O–H groups in total. The number of hydrogen-bond acceptors (Lipinski definition) is 7. The Kier molecular flexibility index (Phi) is 6.43. The number of benzene rings is 3. The molecule has 4 rings (SSSR count). The maximum Gasteiger partial charge on any atom is 0.322 e. The van der Waals surface area contributed by atoms with Crippen molar-refractivity contribution in [1.29, 1.82) is 0 Å². The first-order valence-corrected chi connectivity index (χ1v) is 12.2. The van der Waals surface area contributed by atoms with E-state index in [0.29, 0.717) is 0 Å². The number of hydrogen-bond donors (Lipinski definition) is 2. The lowest BCUT2D eigenvalue weighted by atomic mass is 10.2. The van der Waals surface area contributed by atoms with Gasteiger partial charge in [0.15, 0.2) is 0 Å². The van der Waals surface area contributed by atoms with Crippen molar-refractivity contribution < 1.29 is 22.0 Å². The fourth-order valence-corrected chi connectivity index (χ4v) is 4.63. The molecule has 1 amide bonds. The van der Waals surface area contributed by atoms with Gasteiger partial charge in [-0.2, -0.15) is 0 Å². The number of amides is 1. The summed E-state index contributed by atoms with van der Waals surface area (Å²) in [5.74, 6) is -0.978. The van der Waals surface area contributed by atoms with E-state index in [4.69, 9.17) is 4.42 Å². The second-order valence-corrected chi connectivity index (χ2v) is 9.20. The summed E-state index contributed by atoms with van der Waals surface area (Å²) >= 11 is 1.52. The van der Waals surface area contributed by atoms with E-state index in [9.17, 15) is 17.6 Å². The zero-order valence-corrected chi connectivity index (χ0v) is 18.8. The van der Waals surface area contributed by atoms with Crippen LogP contribution in [0.1, 0.15) is 10.4 Å². The van der Waals surface area contributed by atoms with Gasteiger partial charge in [-0.15, -0.1) is 16.9 Å². The highest BCUT2D eigenvalue weighted by Crippen LogP contribution is 2.30. The summed E-state index contributed by atoms with van der Waals surface area (Å²) in [6, 6.07) is 17.7. The van der Waals surface area contributed by atoms with Crippen LogP contribution in [0.2, 0.25) is 0 Å². The minimum atomic E-state index is -4.05. The molecule has 168 valence electrons. The van der Waals surface area contributed by atoms with Crippen LogP contribution in [0.25, 0.3) is 11.5 Å². The first kappa shape index (κ1) is 22.5. The standard InChI is InChI=1S/C22H17FN4O4S2/c1-32-19-9-5-3-7-17(19)21-25-26-22(31-21)24-20(28)16-6-2-4-8-18(16)27-33(29,30)15-12-10-14(23)11-13-15/h2-13,27H,1H3,(H,24,26,28). The van der Waals surface area contributed by atoms with Crippen LogP contribution in [-0.2, 0) is 10.0 Å². The summed E-state index contributed by atoms with van der Waals surface area (Å²) in [5, 5.41) is 10.3. The highest BCUT2D eigenvalue weighted by atomic mass is 32.2. The van der Waals surface area contributed by atoms with Crippen LogP contribution in [0.15, 0.2) is 87.0 Å². The molecule has 0 aliphatic heterocycles. The second-order valence-electron chi connectivity index (χ2n) is 6.67. The number of thioether (sulfide) groups is 1. The van der Waals surface area contributed by atoms with E-state index in [0.717, 1.165) is 34.7 Å². The van der Waals surface area contributed by atoms with Gasteiger partial charge < -0.3 is 4.42 Å². The van der Waals surface area contributed by atoms with Gasteiger partial charge in [0, 0.05) is 4.90 Å². The molecule has 3 aromatic carbocycles. The molecule has 0 spiro atoms. The van der Waals surface area contributed by atoms with Gasteiger partial charge >= 0.3 is 6.01 Å². The molecule has 1 heterocycles. The average Bonchev–Trinajstić information content (AvgIpc) is 3.27. The number of carbonyl (C=O) groups is 1. The molecule has 0 radical (unpaired) electrons. The van der Waals surface area contributed by atoms with Crippen LogP contribution in [-0.4, -0.2) is 30.8 Å². The van der Waals surface area contributed by atoms with Crippen molar-refractivity contribution in [2.24, 2.45) is 0 Å². The predicted octanol–water partition coefficient (Wildman–Crippen LogP) is 4.65. The van der Waals surface area contributed by atoms with Crippen LogP contribution >= 0.6 is 11.8 Å².